The van der Waals surface area contributed by atoms with E-state index < -0.39 is 29.2 Å². The zero-order valence-electron chi connectivity index (χ0n) is 17.3. The second kappa shape index (κ2) is 9.02. The van der Waals surface area contributed by atoms with Crippen LogP contribution in [0.3, 0.4) is 0 Å². The van der Waals surface area contributed by atoms with Crippen molar-refractivity contribution in [2.45, 2.75) is 31.0 Å². The highest BCUT2D eigenvalue weighted by molar-refractivity contribution is 7.80. The van der Waals surface area contributed by atoms with Crippen molar-refractivity contribution in [2.24, 2.45) is 4.99 Å². The van der Waals surface area contributed by atoms with Gasteiger partial charge in [-0.2, -0.15) is 13.2 Å². The minimum atomic E-state index is -4.58. The average Bonchev–Trinajstić information content (AvgIpc) is 3.34. The number of nitrogens with zero attached hydrogens (tertiary/aromatic N) is 1. The van der Waals surface area contributed by atoms with Crippen LogP contribution in [0.15, 0.2) is 41.4 Å². The van der Waals surface area contributed by atoms with Crippen LogP contribution < -0.4 is 5.32 Å². The number of aryl methyl sites for hydroxylation is 1. The summed E-state index contributed by atoms with van der Waals surface area (Å²) >= 11 is 10.5. The van der Waals surface area contributed by atoms with Crippen LogP contribution >= 0.6 is 23.2 Å². The number of rotatable bonds is 4. The van der Waals surface area contributed by atoms with Crippen molar-refractivity contribution < 1.29 is 26.4 Å². The first-order chi connectivity index (χ1) is 15.5. The summed E-state index contributed by atoms with van der Waals surface area (Å²) in [5, 5.41) is 3.00. The van der Waals surface area contributed by atoms with Crippen molar-refractivity contribution >= 4 is 45.9 Å². The number of halogens is 5. The molecule has 3 unspecified atom stereocenters. The van der Waals surface area contributed by atoms with Gasteiger partial charge in [0.15, 0.2) is 11.1 Å². The normalized spacial score (nSPS) is 25.2. The lowest BCUT2D eigenvalue weighted by molar-refractivity contribution is -0.183. The molecule has 1 N–H and O–H groups in total. The number of benzene rings is 2. The Morgan fingerprint density at radius 1 is 1.21 bits per heavy atom. The Balaban J connectivity index is 1.58. The molecule has 0 bridgehead atoms. The molecule has 0 radical (unpaired) electrons. The Morgan fingerprint density at radius 2 is 1.91 bits per heavy atom. The third-order valence-corrected chi connectivity index (χ3v) is 7.35. The zero-order valence-corrected chi connectivity index (χ0v) is 19.7. The van der Waals surface area contributed by atoms with Crippen LogP contribution in [-0.2, 0) is 20.7 Å². The number of aliphatic imine (C=N–C) groups is 1. The Hall–Kier alpha value is -1.94. The summed E-state index contributed by atoms with van der Waals surface area (Å²) in [4.78, 5) is 16.8. The van der Waals surface area contributed by atoms with E-state index in [-0.39, 0.29) is 52.0 Å². The van der Waals surface area contributed by atoms with Gasteiger partial charge >= 0.3 is 6.18 Å². The Labute approximate surface area is 201 Å². The summed E-state index contributed by atoms with van der Waals surface area (Å²) in [5.41, 5.74) is -0.512. The summed E-state index contributed by atoms with van der Waals surface area (Å²) < 4.78 is 59.1. The fourth-order valence-electron chi connectivity index (χ4n) is 4.06. The largest absolute Gasteiger partial charge is 0.400 e. The van der Waals surface area contributed by atoms with Crippen LogP contribution in [0.25, 0.3) is 0 Å². The minimum absolute atomic E-state index is 0.0323. The van der Waals surface area contributed by atoms with Gasteiger partial charge in [-0.25, -0.2) is 4.21 Å². The summed E-state index contributed by atoms with van der Waals surface area (Å²) in [7, 11) is 0. The molecule has 33 heavy (non-hydrogen) atoms. The zero-order chi connectivity index (χ0) is 24.0. The van der Waals surface area contributed by atoms with E-state index in [1.807, 2.05) is 0 Å². The first-order valence-corrected chi connectivity index (χ1v) is 12.0. The number of carbonyl (C=O) groups is 1. The summed E-state index contributed by atoms with van der Waals surface area (Å²) in [6, 6.07) is 8.37. The van der Waals surface area contributed by atoms with Crippen LogP contribution in [0.5, 0.6) is 0 Å². The van der Waals surface area contributed by atoms with Gasteiger partial charge in [0.1, 0.15) is 5.41 Å². The minimum Gasteiger partial charge on any atom is -0.346 e. The highest BCUT2D eigenvalue weighted by atomic mass is 35.5. The predicted octanol–water partition coefficient (Wildman–Crippen LogP) is 4.79. The molecular weight excluding hydrogens is 500 g/mol. The van der Waals surface area contributed by atoms with Crippen LogP contribution in [0.2, 0.25) is 10.0 Å². The summed E-state index contributed by atoms with van der Waals surface area (Å²) in [6.07, 6.45) is -4.95. The molecule has 4 rings (SSSR count). The second-order valence-corrected chi connectivity index (χ2v) is 10.2. The van der Waals surface area contributed by atoms with E-state index in [4.69, 9.17) is 27.4 Å². The van der Waals surface area contributed by atoms with Crippen molar-refractivity contribution in [2.75, 3.05) is 18.9 Å². The molecule has 2 aromatic rings. The van der Waals surface area contributed by atoms with Crippen molar-refractivity contribution in [1.82, 2.24) is 5.32 Å². The lowest BCUT2D eigenvalue weighted by Crippen LogP contribution is -2.43. The van der Waals surface area contributed by atoms with Gasteiger partial charge in [0.25, 0.3) is 5.91 Å². The second-order valence-electron chi connectivity index (χ2n) is 8.13. The molecule has 2 heterocycles. The summed E-state index contributed by atoms with van der Waals surface area (Å²) in [5.74, 6) is -0.148. The van der Waals surface area contributed by atoms with Crippen molar-refractivity contribution in [3.63, 3.8) is 0 Å². The average molecular weight is 519 g/mol. The molecular formula is C22H19Cl2F3N2O3S. The SMILES string of the molecule is Cc1cc(C2=NCC(c3cc(Cl)cc(Cl)c3)(C(F)(F)F)C2)ccc1C(=O)NC1COS(=O)C1. The van der Waals surface area contributed by atoms with E-state index in [9.17, 15) is 22.2 Å². The van der Waals surface area contributed by atoms with Gasteiger partial charge in [0.2, 0.25) is 0 Å². The van der Waals surface area contributed by atoms with E-state index in [2.05, 4.69) is 10.3 Å². The molecule has 1 saturated heterocycles. The number of amides is 1. The number of carbonyl (C=O) groups excluding carboxylic acids is 1. The Kier molecular flexibility index (Phi) is 6.61. The fourth-order valence-corrected chi connectivity index (χ4v) is 5.51. The Morgan fingerprint density at radius 3 is 2.48 bits per heavy atom. The fraction of sp³-hybridized carbons (Fsp3) is 0.364. The number of alkyl halides is 3. The van der Waals surface area contributed by atoms with Gasteiger partial charge in [0, 0.05) is 27.7 Å². The van der Waals surface area contributed by atoms with E-state index in [1.54, 1.807) is 25.1 Å². The van der Waals surface area contributed by atoms with Crippen molar-refractivity contribution in [3.05, 3.63) is 68.7 Å². The quantitative estimate of drug-likeness (QED) is 0.632. The molecule has 1 amide bonds. The standard InChI is InChI=1S/C22H19Cl2F3N2O3S/c1-12-4-13(2-3-18(12)20(30)29-17-9-32-33(31)10-17)19-8-21(11-28-19,22(25,26)27)14-5-15(23)7-16(24)6-14/h2-7,17H,8-11H2,1H3,(H,29,30). The molecule has 0 spiro atoms. The molecule has 0 aliphatic carbocycles. The molecule has 0 aromatic heterocycles. The maximum absolute atomic E-state index is 14.3. The maximum Gasteiger partial charge on any atom is 0.400 e. The lowest BCUT2D eigenvalue weighted by atomic mass is 9.76. The van der Waals surface area contributed by atoms with E-state index in [1.165, 1.54) is 18.2 Å². The Bertz CT molecular complexity index is 1150. The van der Waals surface area contributed by atoms with Crippen LogP contribution in [0, 0.1) is 6.92 Å². The molecule has 0 saturated carbocycles. The number of nitrogens with one attached hydrogen (secondary N) is 1. The van der Waals surface area contributed by atoms with Gasteiger partial charge in [-0.05, 0) is 53.9 Å². The first kappa shape index (κ1) is 24.2. The third-order valence-electron chi connectivity index (χ3n) is 5.84. The molecule has 2 aliphatic heterocycles. The van der Waals surface area contributed by atoms with Crippen molar-refractivity contribution in [1.29, 1.82) is 0 Å². The molecule has 1 fully saturated rings. The van der Waals surface area contributed by atoms with E-state index in [0.29, 0.717) is 16.7 Å². The van der Waals surface area contributed by atoms with Gasteiger partial charge < -0.3 is 5.32 Å². The molecule has 3 atom stereocenters. The van der Waals surface area contributed by atoms with Crippen LogP contribution in [-0.4, -0.2) is 47.0 Å². The molecule has 2 aliphatic rings. The topological polar surface area (TPSA) is 67.8 Å². The summed E-state index contributed by atoms with van der Waals surface area (Å²) in [6.45, 7) is 1.38. The van der Waals surface area contributed by atoms with Gasteiger partial charge in [-0.3, -0.25) is 14.0 Å². The monoisotopic (exact) mass is 518 g/mol. The van der Waals surface area contributed by atoms with Crippen LogP contribution in [0.1, 0.15) is 33.5 Å². The molecule has 176 valence electrons. The van der Waals surface area contributed by atoms with Gasteiger partial charge in [-0.1, -0.05) is 29.3 Å². The predicted molar refractivity (Wildman–Crippen MR) is 122 cm³/mol. The molecule has 5 nitrogen and oxygen atoms in total. The first-order valence-electron chi connectivity index (χ1n) is 9.99. The third kappa shape index (κ3) is 4.82. The number of hydrogen-bond acceptors (Lipinski definition) is 4. The smallest absolute Gasteiger partial charge is 0.346 e. The lowest BCUT2D eigenvalue weighted by Gasteiger charge is -2.31. The van der Waals surface area contributed by atoms with Gasteiger partial charge in [0.05, 0.1) is 24.9 Å². The molecule has 2 aromatic carbocycles. The van der Waals surface area contributed by atoms with Crippen molar-refractivity contribution in [3.8, 4) is 0 Å². The number of hydrogen-bond donors (Lipinski definition) is 1. The molecule has 11 heteroatoms. The van der Waals surface area contributed by atoms with Gasteiger partial charge in [-0.15, -0.1) is 0 Å². The maximum atomic E-state index is 14.3. The highest BCUT2D eigenvalue weighted by Crippen LogP contribution is 2.48. The van der Waals surface area contributed by atoms with E-state index in [0.717, 1.165) is 0 Å². The highest BCUT2D eigenvalue weighted by Gasteiger charge is 2.58. The van der Waals surface area contributed by atoms with Crippen LogP contribution in [0.4, 0.5) is 13.2 Å². The van der Waals surface area contributed by atoms with E-state index >= 15 is 0 Å².